The van der Waals surface area contributed by atoms with Crippen LogP contribution in [0.1, 0.15) is 93.8 Å². The topological polar surface area (TPSA) is 26.3 Å². The Balaban J connectivity index is 0.000000239. The summed E-state index contributed by atoms with van der Waals surface area (Å²) in [6.45, 7) is 25.4. The quantitative estimate of drug-likeness (QED) is 0.0688. The van der Waals surface area contributed by atoms with Crippen LogP contribution in [0.5, 0.6) is 11.5 Å². The Morgan fingerprint density at radius 3 is 0.990 bits per heavy atom. The first-order chi connectivity index (χ1) is 46.5. The van der Waals surface area contributed by atoms with Gasteiger partial charge in [0.15, 0.2) is 5.78 Å². The van der Waals surface area contributed by atoms with Gasteiger partial charge in [0.05, 0.1) is 0 Å². The molecule has 97 heavy (non-hydrogen) atoms. The van der Waals surface area contributed by atoms with Crippen molar-refractivity contribution in [2.75, 3.05) is 43.8 Å². The van der Waals surface area contributed by atoms with Gasteiger partial charge in [0.2, 0.25) is 0 Å². The molecule has 0 saturated carbocycles. The fourth-order valence-electron chi connectivity index (χ4n) is 9.18. The normalized spacial score (nSPS) is 10.0. The monoisotopic (exact) mass is 1430 g/mol. The summed E-state index contributed by atoms with van der Waals surface area (Å²) >= 11 is 16.5. The van der Waals surface area contributed by atoms with Crippen molar-refractivity contribution in [1.29, 1.82) is 0 Å². The number of ether oxygens (including phenoxy) is 1. The van der Waals surface area contributed by atoms with Crippen LogP contribution in [0.2, 0.25) is 0 Å². The van der Waals surface area contributed by atoms with E-state index in [-0.39, 0.29) is 5.78 Å². The second-order valence-electron chi connectivity index (χ2n) is 23.2. The summed E-state index contributed by atoms with van der Waals surface area (Å²) in [6.07, 6.45) is 15.7. The zero-order chi connectivity index (χ0) is 71.2. The van der Waals surface area contributed by atoms with Gasteiger partial charge < -0.3 is 4.74 Å². The Bertz CT molecular complexity index is 3870. The van der Waals surface area contributed by atoms with Gasteiger partial charge in [0, 0.05) is 50.3 Å². The molecular weight excluding hydrogens is 1330 g/mol. The highest BCUT2D eigenvalue weighted by atomic mass is 32.2. The van der Waals surface area contributed by atoms with Crippen LogP contribution < -0.4 is 4.74 Å². The van der Waals surface area contributed by atoms with Crippen LogP contribution in [0.15, 0.2) is 282 Å². The van der Waals surface area contributed by atoms with Crippen molar-refractivity contribution in [2.24, 2.45) is 0 Å². The molecule has 11 rings (SSSR count). The van der Waals surface area contributed by atoms with Gasteiger partial charge in [-0.15, -0.1) is 95.0 Å². The molecular formula is C87H100O2S8. The van der Waals surface area contributed by atoms with Gasteiger partial charge >= 0.3 is 0 Å². The fourth-order valence-corrected chi connectivity index (χ4v) is 12.9. The number of hydrogen-bond acceptors (Lipinski definition) is 10. The number of thiol groups is 1. The number of benzene rings is 11. The highest BCUT2D eigenvalue weighted by Crippen LogP contribution is 2.27. The molecule has 0 saturated heterocycles. The lowest BCUT2D eigenvalue weighted by atomic mass is 10.0. The SMILES string of the molecule is CSc1cc(C)c(C)cc1C.CSc1ccc(C(=O)c2ccc(C)cc2)cc1.CSc1ccc(C)cc1C.CSc1ccc(C)cc1C.CSc1ccc(Cc2ccc(C)cc2)cc1.CSc1ccc(Oc2ccc(C)cc2)cc1.CSc1cccc(C)c1.Cc1ccc(S)cc1. The molecule has 0 aliphatic carbocycles. The molecule has 11 aromatic carbocycles. The largest absolute Gasteiger partial charge is 0.457 e. The van der Waals surface area contributed by atoms with Crippen LogP contribution in [0.25, 0.3) is 0 Å². The van der Waals surface area contributed by atoms with E-state index in [2.05, 4.69) is 260 Å². The lowest BCUT2D eigenvalue weighted by molar-refractivity contribution is 0.103. The number of hydrogen-bond donors (Lipinski definition) is 1. The third kappa shape index (κ3) is 32.5. The van der Waals surface area contributed by atoms with E-state index in [9.17, 15) is 4.79 Å². The molecule has 10 heteroatoms. The fraction of sp³-hybridized carbons (Fsp3) is 0.230. The first kappa shape index (κ1) is 83.1. The van der Waals surface area contributed by atoms with Gasteiger partial charge in [0.1, 0.15) is 11.5 Å². The zero-order valence-electron chi connectivity index (χ0n) is 60.4. The number of aryl methyl sites for hydroxylation is 12. The molecule has 0 amide bonds. The van der Waals surface area contributed by atoms with Gasteiger partial charge in [-0.05, 0) is 288 Å². The maximum atomic E-state index is 12.2. The molecule has 11 aromatic rings. The molecule has 0 heterocycles. The van der Waals surface area contributed by atoms with Crippen LogP contribution in [0.3, 0.4) is 0 Å². The van der Waals surface area contributed by atoms with Crippen molar-refractivity contribution in [2.45, 2.75) is 129 Å². The molecule has 508 valence electrons. The van der Waals surface area contributed by atoms with Crippen LogP contribution in [0.4, 0.5) is 0 Å². The minimum atomic E-state index is 0.0812. The number of rotatable bonds is 13. The van der Waals surface area contributed by atoms with E-state index in [1.54, 1.807) is 70.6 Å². The Morgan fingerprint density at radius 1 is 0.289 bits per heavy atom. The molecule has 0 fully saturated rings. The summed E-state index contributed by atoms with van der Waals surface area (Å²) in [5.41, 5.74) is 20.2. The Hall–Kier alpha value is -6.31. The van der Waals surface area contributed by atoms with E-state index in [1.807, 2.05) is 134 Å². The predicted octanol–water partition coefficient (Wildman–Crippen LogP) is 27.1. The maximum absolute atomic E-state index is 12.2. The van der Waals surface area contributed by atoms with Crippen LogP contribution in [0, 0.1) is 83.1 Å². The molecule has 0 aromatic heterocycles. The average Bonchev–Trinajstić information content (AvgIpc) is 1.15. The summed E-state index contributed by atoms with van der Waals surface area (Å²) in [4.78, 5) is 22.4. The second kappa shape index (κ2) is 46.1. The van der Waals surface area contributed by atoms with Crippen molar-refractivity contribution in [3.8, 4) is 11.5 Å². The first-order valence-corrected chi connectivity index (χ1v) is 41.1. The first-order valence-electron chi connectivity index (χ1n) is 32.0. The second-order valence-corrected chi connectivity index (χ2v) is 29.8. The Morgan fingerprint density at radius 2 is 0.608 bits per heavy atom. The Labute approximate surface area is 620 Å². The van der Waals surface area contributed by atoms with Crippen LogP contribution in [-0.4, -0.2) is 49.6 Å². The summed E-state index contributed by atoms with van der Waals surface area (Å²) < 4.78 is 5.72. The minimum Gasteiger partial charge on any atom is -0.457 e. The van der Waals surface area contributed by atoms with Gasteiger partial charge in [-0.1, -0.05) is 166 Å². The molecule has 0 bridgehead atoms. The maximum Gasteiger partial charge on any atom is 0.193 e. The summed E-state index contributed by atoms with van der Waals surface area (Å²) in [7, 11) is 0. The Kier molecular flexibility index (Phi) is 39.5. The van der Waals surface area contributed by atoms with Gasteiger partial charge in [-0.2, -0.15) is 0 Å². The van der Waals surface area contributed by atoms with Crippen LogP contribution >= 0.6 is 95.0 Å². The predicted molar refractivity (Wildman–Crippen MR) is 444 cm³/mol. The molecule has 0 aliphatic heterocycles. The van der Waals surface area contributed by atoms with Gasteiger partial charge in [0.25, 0.3) is 0 Å². The number of carbonyl (C=O) groups is 1. The number of ketones is 1. The summed E-state index contributed by atoms with van der Waals surface area (Å²) in [5.74, 6) is 1.84. The van der Waals surface area contributed by atoms with E-state index in [1.165, 1.54) is 112 Å². The lowest BCUT2D eigenvalue weighted by Crippen LogP contribution is -2.00. The van der Waals surface area contributed by atoms with Crippen molar-refractivity contribution >= 4 is 101 Å². The van der Waals surface area contributed by atoms with Gasteiger partial charge in [-0.3, -0.25) is 4.79 Å². The van der Waals surface area contributed by atoms with E-state index < -0.39 is 0 Å². The summed E-state index contributed by atoms with van der Waals surface area (Å²) in [6, 6.07) is 83.3. The average molecular weight is 1430 g/mol. The van der Waals surface area contributed by atoms with Crippen molar-refractivity contribution in [3.63, 3.8) is 0 Å². The van der Waals surface area contributed by atoms with E-state index >= 15 is 0 Å². The molecule has 0 spiro atoms. The third-order valence-corrected chi connectivity index (χ3v) is 21.0. The highest BCUT2D eigenvalue weighted by molar-refractivity contribution is 8.00. The van der Waals surface area contributed by atoms with Gasteiger partial charge in [-0.25, -0.2) is 0 Å². The van der Waals surface area contributed by atoms with Crippen molar-refractivity contribution < 1.29 is 9.53 Å². The molecule has 0 aliphatic rings. The van der Waals surface area contributed by atoms with E-state index in [0.29, 0.717) is 0 Å². The highest BCUT2D eigenvalue weighted by Gasteiger charge is 2.09. The molecule has 0 radical (unpaired) electrons. The summed E-state index contributed by atoms with van der Waals surface area (Å²) in [5, 5.41) is 0. The van der Waals surface area contributed by atoms with E-state index in [0.717, 1.165) is 33.9 Å². The molecule has 0 unspecified atom stereocenters. The van der Waals surface area contributed by atoms with Crippen LogP contribution in [-0.2, 0) is 6.42 Å². The van der Waals surface area contributed by atoms with Crippen molar-refractivity contribution in [3.05, 3.63) is 332 Å². The number of carbonyl (C=O) groups excluding carboxylic acids is 1. The van der Waals surface area contributed by atoms with Crippen molar-refractivity contribution in [1.82, 2.24) is 0 Å². The lowest BCUT2D eigenvalue weighted by Gasteiger charge is -2.06. The van der Waals surface area contributed by atoms with E-state index in [4.69, 9.17) is 4.74 Å². The number of thioether (sulfide) groups is 7. The minimum absolute atomic E-state index is 0.0812. The standard InChI is InChI=1S/C15H14OS.C15H16S.C14H14OS.C10H14S.2C9H12S.C8H10S.C7H8S/c1-11-3-5-12(6-4-11)15(16)13-7-9-14(17-2)10-8-13;1-12-3-5-13(6-4-12)11-14-7-9-15(16-2)10-8-14;1-11-3-5-12(6-4-11)15-13-7-9-14(16-2)10-8-13;1-7-5-9(3)10(11-4)6-8(7)2;2*1-7-4-5-9(10-3)8(2)6-7;1-7-4-3-5-8(6-7)9-2;1-6-2-4-7(8)5-3-6/h3-10H,1-2H3;3-10H,11H2,1-2H3;3-10H,1-2H3;5-6H,1-4H3;2*4-6H,1-3H3;3-6H,1-2H3;2-5,8H,1H3. The third-order valence-electron chi connectivity index (χ3n) is 15.0. The molecule has 0 atom stereocenters. The smallest absolute Gasteiger partial charge is 0.193 e. The molecule has 2 nitrogen and oxygen atoms in total. The molecule has 0 N–H and O–H groups in total. The zero-order valence-corrected chi connectivity index (χ0v) is 67.0.